The van der Waals surface area contributed by atoms with Crippen molar-refractivity contribution in [1.29, 1.82) is 0 Å². The van der Waals surface area contributed by atoms with E-state index in [9.17, 15) is 29.0 Å². The Labute approximate surface area is 548 Å². The summed E-state index contributed by atoms with van der Waals surface area (Å²) in [5.41, 5.74) is 0.378. The molecule has 480 valence electrons. The van der Waals surface area contributed by atoms with Crippen molar-refractivity contribution < 1.29 is 83.3 Å². The summed E-state index contributed by atoms with van der Waals surface area (Å²) in [5.74, 6) is -3.01. The maximum Gasteiger partial charge on any atom is 0.463 e. The van der Waals surface area contributed by atoms with Gasteiger partial charge in [-0.2, -0.15) is 0 Å². The lowest BCUT2D eigenvalue weighted by Gasteiger charge is -2.33. The van der Waals surface area contributed by atoms with Crippen LogP contribution >= 0.6 is 45.8 Å². The van der Waals surface area contributed by atoms with Gasteiger partial charge in [0.2, 0.25) is 17.5 Å². The van der Waals surface area contributed by atoms with Crippen molar-refractivity contribution in [2.24, 2.45) is 13.5 Å². The van der Waals surface area contributed by atoms with Crippen molar-refractivity contribution in [2.45, 2.75) is 17.5 Å². The van der Waals surface area contributed by atoms with Crippen LogP contribution in [0.5, 0.6) is 69.0 Å². The molecule has 16 rings (SSSR count). The Bertz CT molecular complexity index is 4690. The van der Waals surface area contributed by atoms with E-state index in [0.717, 1.165) is 16.2 Å². The first-order chi connectivity index (χ1) is 46.6. The number of hydrogen-bond donors (Lipinski definition) is 3. The van der Waals surface area contributed by atoms with Crippen LogP contribution < -0.4 is 54.3 Å². The molecule has 0 aromatic heterocycles. The molecule has 4 aliphatic heterocycles. The van der Waals surface area contributed by atoms with Crippen molar-refractivity contribution >= 4 is 78.1 Å². The third-order valence-corrected chi connectivity index (χ3v) is 29.0. The van der Waals surface area contributed by atoms with Gasteiger partial charge in [-0.3, -0.25) is 0 Å². The van der Waals surface area contributed by atoms with E-state index >= 15 is 0 Å². The Morgan fingerprint density at radius 3 is 0.656 bits per heavy atom. The van der Waals surface area contributed by atoms with Gasteiger partial charge >= 0.3 is 45.8 Å². The summed E-state index contributed by atoms with van der Waals surface area (Å²) in [7, 11) is -26.9. The van der Waals surface area contributed by atoms with E-state index in [0.29, 0.717) is 16.2 Å². The van der Waals surface area contributed by atoms with Crippen LogP contribution in [0, 0.1) is 0 Å². The van der Waals surface area contributed by atoms with E-state index in [1.165, 1.54) is 72.8 Å². The van der Waals surface area contributed by atoms with E-state index in [4.69, 9.17) is 67.8 Å². The monoisotopic (exact) mass is 1400 g/mol. The van der Waals surface area contributed by atoms with Gasteiger partial charge in [-0.15, -0.1) is 0 Å². The average Bonchev–Trinajstić information content (AvgIpc) is 1.06. The van der Waals surface area contributed by atoms with Crippen LogP contribution in [0.3, 0.4) is 0 Å². The maximum absolute atomic E-state index is 14.7. The number of nitrogens with zero attached hydrogens (tertiary/aromatic N) is 3. The predicted molar refractivity (Wildman–Crippen MR) is 364 cm³/mol. The second-order valence-electron chi connectivity index (χ2n) is 22.1. The fraction of sp³-hybridized carbons (Fsp3) is 0.0435. The molecule has 12 aromatic carbocycles. The van der Waals surface area contributed by atoms with Crippen molar-refractivity contribution in [1.82, 2.24) is 0 Å². The zero-order chi connectivity index (χ0) is 65.3. The fourth-order valence-electron chi connectivity index (χ4n) is 11.1. The highest BCUT2D eigenvalue weighted by Crippen LogP contribution is 2.79. The number of aliphatic hydroxyl groups excluding tert-OH is 3. The Kier molecular flexibility index (Phi) is 15.4. The van der Waals surface area contributed by atoms with Gasteiger partial charge in [0.15, 0.2) is 0 Å². The highest BCUT2D eigenvalue weighted by Gasteiger charge is 2.51. The quantitative estimate of drug-likeness (QED) is 0.0674. The first-order valence-corrected chi connectivity index (χ1v) is 39.1. The normalized spacial score (nSPS) is 20.5. The Morgan fingerprint density at radius 1 is 0.250 bits per heavy atom. The second kappa shape index (κ2) is 24.2. The number of rotatable bonds is 18. The molecule has 12 aromatic rings. The van der Waals surface area contributed by atoms with Gasteiger partial charge in [-0.25, -0.2) is 13.7 Å². The lowest BCUT2D eigenvalue weighted by Crippen LogP contribution is -2.14. The maximum atomic E-state index is 14.7. The van der Waals surface area contributed by atoms with Crippen LogP contribution in [0.1, 0.15) is 34.2 Å². The van der Waals surface area contributed by atoms with E-state index in [1.807, 2.05) is 36.4 Å². The first-order valence-electron chi connectivity index (χ1n) is 29.7. The zero-order valence-electron chi connectivity index (χ0n) is 49.7. The highest BCUT2D eigenvalue weighted by molar-refractivity contribution is 7.79. The summed E-state index contributed by atoms with van der Waals surface area (Å²) < 4.78 is 138. The SMILES string of the molecule is O=P1(C(O)c2ccc(OP3(Oc4ccccc4)=NP(Oc4ccccc4)(Oc4ccc(C(O)P5(=O)Oc6cccc7cccc(c67)O5)cc4)=NP(Oc4ccccc4)(Oc4ccc(C(O)P5(=O)Oc6cccc7cccc(c67)O5)cc4)=N3)cc2)Oc2cccc3cccc(c23)O1. The summed E-state index contributed by atoms with van der Waals surface area (Å²) in [6.07, 6.45) is 0. The Balaban J connectivity index is 0.826. The molecule has 3 atom stereocenters. The van der Waals surface area contributed by atoms with Gasteiger partial charge in [-0.05, 0) is 142 Å². The first kappa shape index (κ1) is 61.2. The summed E-state index contributed by atoms with van der Waals surface area (Å²) in [6, 6.07) is 75.0. The molecule has 0 radical (unpaired) electrons. The Hall–Kier alpha value is -9.72. The lowest BCUT2D eigenvalue weighted by molar-refractivity contribution is 0.211. The van der Waals surface area contributed by atoms with Crippen molar-refractivity contribution in [2.75, 3.05) is 0 Å². The van der Waals surface area contributed by atoms with Crippen LogP contribution in [-0.4, -0.2) is 15.3 Å². The zero-order valence-corrected chi connectivity index (χ0v) is 55.1. The van der Waals surface area contributed by atoms with Gasteiger partial charge in [0, 0.05) is 0 Å². The molecule has 0 spiro atoms. The Morgan fingerprint density at radius 2 is 0.448 bits per heavy atom. The fourth-order valence-corrected chi connectivity index (χ4v) is 25.1. The highest BCUT2D eigenvalue weighted by atomic mass is 31.3. The second-order valence-corrected chi connectivity index (χ2v) is 34.0. The van der Waals surface area contributed by atoms with Gasteiger partial charge < -0.3 is 69.6 Å². The van der Waals surface area contributed by atoms with Gasteiger partial charge in [0.1, 0.15) is 69.0 Å². The molecule has 21 nitrogen and oxygen atoms in total. The van der Waals surface area contributed by atoms with Crippen LogP contribution in [-0.2, 0) is 13.7 Å². The van der Waals surface area contributed by atoms with Crippen LogP contribution in [0.4, 0.5) is 0 Å². The van der Waals surface area contributed by atoms with E-state index in [1.54, 1.807) is 164 Å². The van der Waals surface area contributed by atoms with E-state index in [2.05, 4.69) is 0 Å². The van der Waals surface area contributed by atoms with Crippen LogP contribution in [0.15, 0.2) is 287 Å². The number of para-hydroxylation sites is 3. The number of benzene rings is 12. The summed E-state index contributed by atoms with van der Waals surface area (Å²) >= 11 is 0. The standard InChI is InChI=1S/C69H51N3O18P6/c73-67(91(76)85-58-28-10-16-46-17-11-29-59(86-91)64(46)58)49-34-40-55(41-35-49)82-94(79-52-22-4-1-5-23-52)70-95(80-53-24-6-2-7-25-53,83-56-42-36-50(37-43-56)68(74)92(77)87-60-30-12-18-47-19-13-31-61(88-92)65(47)60)72-96(71-94,81-54-26-8-3-9-27-54)84-57-44-38-51(39-45-57)69(75)93(78)89-62-32-14-20-48-21-15-33-63(90-93)66(48)62/h1-45,67-69,73-75H. The summed E-state index contributed by atoms with van der Waals surface area (Å²) in [4.78, 5) is 0. The molecule has 4 aliphatic rings. The molecule has 0 fully saturated rings. The third kappa shape index (κ3) is 11.6. The minimum atomic E-state index is -4.59. The third-order valence-electron chi connectivity index (χ3n) is 15.5. The summed E-state index contributed by atoms with van der Waals surface area (Å²) in [5, 5.41) is 40.1. The molecule has 0 aliphatic carbocycles. The van der Waals surface area contributed by atoms with Crippen LogP contribution in [0.2, 0.25) is 0 Å². The van der Waals surface area contributed by atoms with Crippen molar-refractivity contribution in [3.05, 3.63) is 290 Å². The molecule has 3 unspecified atom stereocenters. The molecule has 27 heteroatoms. The van der Waals surface area contributed by atoms with Crippen molar-refractivity contribution in [3.63, 3.8) is 0 Å². The van der Waals surface area contributed by atoms with Crippen molar-refractivity contribution in [3.8, 4) is 69.0 Å². The van der Waals surface area contributed by atoms with E-state index < -0.39 is 63.3 Å². The predicted octanol–water partition coefficient (Wildman–Crippen LogP) is 20.7. The van der Waals surface area contributed by atoms with Gasteiger partial charge in [-0.1, -0.05) is 177 Å². The largest absolute Gasteiger partial charge is 0.463 e. The van der Waals surface area contributed by atoms with Gasteiger partial charge in [0.05, 0.1) is 16.2 Å². The minimum absolute atomic E-state index is 0.0394. The number of aliphatic hydroxyl groups is 3. The number of hydrogen-bond acceptors (Lipinski definition) is 21. The lowest BCUT2D eigenvalue weighted by atomic mass is 10.1. The average molecular weight is 1400 g/mol. The van der Waals surface area contributed by atoms with Gasteiger partial charge in [0.25, 0.3) is 0 Å². The van der Waals surface area contributed by atoms with E-state index in [-0.39, 0.29) is 85.7 Å². The molecular weight excluding hydrogens is 1340 g/mol. The molecule has 3 N–H and O–H groups in total. The van der Waals surface area contributed by atoms with Crippen LogP contribution in [0.25, 0.3) is 32.3 Å². The molecule has 96 heavy (non-hydrogen) atoms. The molecule has 0 saturated heterocycles. The minimum Gasteiger partial charge on any atom is -0.413 e. The molecule has 0 bridgehead atoms. The topological polar surface area (TPSA) is 260 Å². The molecule has 0 amide bonds. The smallest absolute Gasteiger partial charge is 0.413 e. The molecule has 0 saturated carbocycles. The summed E-state index contributed by atoms with van der Waals surface area (Å²) in [6.45, 7) is 0. The molecule has 4 heterocycles. The molecular formula is C69H51N3O18P6.